The Hall–Kier alpha value is -1.39. The number of hydrogen-bond acceptors (Lipinski definition) is 4. The lowest BCUT2D eigenvalue weighted by Crippen LogP contribution is -2.29. The molecule has 0 unspecified atom stereocenters. The minimum atomic E-state index is -0.405. The van der Waals surface area contributed by atoms with Crippen molar-refractivity contribution in [3.63, 3.8) is 0 Å². The summed E-state index contributed by atoms with van der Waals surface area (Å²) in [7, 11) is 3.88. The van der Waals surface area contributed by atoms with Crippen molar-refractivity contribution in [2.45, 2.75) is 26.3 Å². The van der Waals surface area contributed by atoms with Gasteiger partial charge in [-0.25, -0.2) is 4.79 Å². The molecule has 2 N–H and O–H groups in total. The number of carbonyl (C=O) groups excluding carboxylic acids is 1. The summed E-state index contributed by atoms with van der Waals surface area (Å²) in [5, 5.41) is 0. The van der Waals surface area contributed by atoms with Crippen molar-refractivity contribution in [2.75, 3.05) is 27.2 Å². The van der Waals surface area contributed by atoms with E-state index in [4.69, 9.17) is 10.5 Å². The van der Waals surface area contributed by atoms with Crippen LogP contribution in [0.1, 0.15) is 35.3 Å². The molecule has 0 saturated heterocycles. The molecule has 0 aliphatic carbocycles. The van der Waals surface area contributed by atoms with Crippen LogP contribution in [-0.4, -0.2) is 38.1 Å². The maximum absolute atomic E-state index is 11.9. The van der Waals surface area contributed by atoms with Gasteiger partial charge in [-0.2, -0.15) is 0 Å². The molecule has 0 atom stereocenters. The van der Waals surface area contributed by atoms with Crippen molar-refractivity contribution in [3.05, 3.63) is 34.9 Å². The summed E-state index contributed by atoms with van der Waals surface area (Å²) in [6, 6.07) is 5.51. The predicted molar refractivity (Wildman–Crippen MR) is 77.2 cm³/mol. The fourth-order valence-electron chi connectivity index (χ4n) is 1.92. The van der Waals surface area contributed by atoms with E-state index in [9.17, 15) is 4.79 Å². The summed E-state index contributed by atoms with van der Waals surface area (Å²) in [6.07, 6.45) is 0. The first kappa shape index (κ1) is 15.7. The minimum absolute atomic E-state index is 0.286. The molecule has 0 radical (unpaired) electrons. The molecular weight excluding hydrogens is 240 g/mol. The molecule has 1 aromatic rings. The van der Waals surface area contributed by atoms with Gasteiger partial charge in [0, 0.05) is 12.1 Å². The monoisotopic (exact) mass is 264 g/mol. The second-order valence-electron chi connectivity index (χ2n) is 5.69. The third-order valence-electron chi connectivity index (χ3n) is 2.93. The Balaban J connectivity index is 2.75. The van der Waals surface area contributed by atoms with E-state index >= 15 is 0 Å². The van der Waals surface area contributed by atoms with Gasteiger partial charge >= 0.3 is 5.97 Å². The third-order valence-corrected chi connectivity index (χ3v) is 2.93. The van der Waals surface area contributed by atoms with Gasteiger partial charge in [0.15, 0.2) is 0 Å². The molecule has 4 nitrogen and oxygen atoms in total. The SMILES string of the molecule is Cc1cc(C(=O)OCCN(C)C)ccc1C(C)(C)N. The zero-order chi connectivity index (χ0) is 14.6. The molecule has 0 aliphatic rings. The molecule has 0 heterocycles. The number of aryl methyl sites for hydroxylation is 1. The van der Waals surface area contributed by atoms with E-state index in [0.717, 1.165) is 17.7 Å². The highest BCUT2D eigenvalue weighted by atomic mass is 16.5. The van der Waals surface area contributed by atoms with Gasteiger partial charge in [0.05, 0.1) is 5.56 Å². The lowest BCUT2D eigenvalue weighted by atomic mass is 9.90. The van der Waals surface area contributed by atoms with Gasteiger partial charge in [0.2, 0.25) is 0 Å². The molecule has 0 aromatic heterocycles. The molecular formula is C15H24N2O2. The minimum Gasteiger partial charge on any atom is -0.461 e. The Morgan fingerprint density at radius 3 is 2.47 bits per heavy atom. The summed E-state index contributed by atoms with van der Waals surface area (Å²) in [5.74, 6) is -0.286. The van der Waals surface area contributed by atoms with Crippen molar-refractivity contribution in [3.8, 4) is 0 Å². The van der Waals surface area contributed by atoms with Gasteiger partial charge in [-0.05, 0) is 58.1 Å². The van der Waals surface area contributed by atoms with Crippen molar-refractivity contribution in [1.82, 2.24) is 4.90 Å². The molecule has 0 fully saturated rings. The highest BCUT2D eigenvalue weighted by Crippen LogP contribution is 2.22. The van der Waals surface area contributed by atoms with Crippen LogP contribution in [0.5, 0.6) is 0 Å². The predicted octanol–water partition coefficient (Wildman–Crippen LogP) is 1.91. The van der Waals surface area contributed by atoms with E-state index in [1.54, 1.807) is 6.07 Å². The van der Waals surface area contributed by atoms with Crippen LogP contribution in [0.4, 0.5) is 0 Å². The average molecular weight is 264 g/mol. The number of esters is 1. The van der Waals surface area contributed by atoms with Crippen LogP contribution in [0.3, 0.4) is 0 Å². The molecule has 0 saturated carbocycles. The quantitative estimate of drug-likeness (QED) is 0.825. The van der Waals surface area contributed by atoms with Gasteiger partial charge in [-0.3, -0.25) is 0 Å². The average Bonchev–Trinajstić information content (AvgIpc) is 2.26. The number of hydrogen-bond donors (Lipinski definition) is 1. The smallest absolute Gasteiger partial charge is 0.338 e. The number of likely N-dealkylation sites (N-methyl/N-ethyl adjacent to an activating group) is 1. The Bertz CT molecular complexity index is 448. The van der Waals surface area contributed by atoms with E-state index in [-0.39, 0.29) is 5.97 Å². The third kappa shape index (κ3) is 4.65. The largest absolute Gasteiger partial charge is 0.461 e. The fourth-order valence-corrected chi connectivity index (χ4v) is 1.92. The van der Waals surface area contributed by atoms with E-state index in [1.807, 2.05) is 51.9 Å². The second kappa shape index (κ2) is 6.17. The standard InChI is InChI=1S/C15H24N2O2/c1-11-10-12(6-7-13(11)15(2,3)16)14(18)19-9-8-17(4)5/h6-7,10H,8-9,16H2,1-5H3. The Labute approximate surface area is 115 Å². The number of nitrogens with zero attached hydrogens (tertiary/aromatic N) is 1. The van der Waals surface area contributed by atoms with Gasteiger partial charge in [0.25, 0.3) is 0 Å². The van der Waals surface area contributed by atoms with Crippen LogP contribution >= 0.6 is 0 Å². The maximum Gasteiger partial charge on any atom is 0.338 e. The molecule has 0 aliphatic heterocycles. The van der Waals surface area contributed by atoms with Crippen molar-refractivity contribution in [2.24, 2.45) is 5.73 Å². The molecule has 0 bridgehead atoms. The van der Waals surface area contributed by atoms with Crippen LogP contribution in [0, 0.1) is 6.92 Å². The number of carbonyl (C=O) groups is 1. The van der Waals surface area contributed by atoms with Gasteiger partial charge in [-0.1, -0.05) is 6.07 Å². The molecule has 0 spiro atoms. The van der Waals surface area contributed by atoms with Crippen LogP contribution in [-0.2, 0) is 10.3 Å². The lowest BCUT2D eigenvalue weighted by Gasteiger charge is -2.22. The van der Waals surface area contributed by atoms with Gasteiger partial charge in [0.1, 0.15) is 6.61 Å². The number of ether oxygens (including phenoxy) is 1. The summed E-state index contributed by atoms with van der Waals surface area (Å²) in [6.45, 7) is 6.98. The van der Waals surface area contributed by atoms with E-state index in [0.29, 0.717) is 12.2 Å². The zero-order valence-electron chi connectivity index (χ0n) is 12.5. The normalized spacial score (nSPS) is 11.7. The second-order valence-corrected chi connectivity index (χ2v) is 5.69. The van der Waals surface area contributed by atoms with E-state index in [2.05, 4.69) is 0 Å². The van der Waals surface area contributed by atoms with E-state index in [1.165, 1.54) is 0 Å². The van der Waals surface area contributed by atoms with Crippen LogP contribution < -0.4 is 5.73 Å². The van der Waals surface area contributed by atoms with Crippen LogP contribution in [0.2, 0.25) is 0 Å². The van der Waals surface area contributed by atoms with Crippen molar-refractivity contribution < 1.29 is 9.53 Å². The highest BCUT2D eigenvalue weighted by Gasteiger charge is 2.18. The lowest BCUT2D eigenvalue weighted by molar-refractivity contribution is 0.0481. The Kier molecular flexibility index (Phi) is 5.09. The summed E-state index contributed by atoms with van der Waals surface area (Å²) >= 11 is 0. The molecule has 19 heavy (non-hydrogen) atoms. The summed E-state index contributed by atoms with van der Waals surface area (Å²) < 4.78 is 5.21. The highest BCUT2D eigenvalue weighted by molar-refractivity contribution is 5.89. The number of nitrogens with two attached hydrogens (primary N) is 1. The number of benzene rings is 1. The van der Waals surface area contributed by atoms with Gasteiger partial charge in [-0.15, -0.1) is 0 Å². The topological polar surface area (TPSA) is 55.6 Å². The first-order chi connectivity index (χ1) is 8.71. The van der Waals surface area contributed by atoms with Crippen LogP contribution in [0.15, 0.2) is 18.2 Å². The van der Waals surface area contributed by atoms with E-state index < -0.39 is 5.54 Å². The molecule has 1 aromatic carbocycles. The zero-order valence-corrected chi connectivity index (χ0v) is 12.5. The first-order valence-corrected chi connectivity index (χ1v) is 6.43. The molecule has 0 amide bonds. The fraction of sp³-hybridized carbons (Fsp3) is 0.533. The maximum atomic E-state index is 11.9. The van der Waals surface area contributed by atoms with Crippen molar-refractivity contribution in [1.29, 1.82) is 0 Å². The van der Waals surface area contributed by atoms with Crippen molar-refractivity contribution >= 4 is 5.97 Å². The molecule has 106 valence electrons. The summed E-state index contributed by atoms with van der Waals surface area (Å²) in [4.78, 5) is 13.8. The van der Waals surface area contributed by atoms with Gasteiger partial charge < -0.3 is 15.4 Å². The number of rotatable bonds is 5. The molecule has 4 heteroatoms. The Morgan fingerprint density at radius 2 is 2.00 bits per heavy atom. The summed E-state index contributed by atoms with van der Waals surface area (Å²) in [5.41, 5.74) is 8.29. The molecule has 1 rings (SSSR count). The van der Waals surface area contributed by atoms with Crippen LogP contribution in [0.25, 0.3) is 0 Å². The first-order valence-electron chi connectivity index (χ1n) is 6.43. The Morgan fingerprint density at radius 1 is 1.37 bits per heavy atom.